The van der Waals surface area contributed by atoms with Gasteiger partial charge >= 0.3 is 0 Å². The number of thiophene rings is 1. The first-order valence-electron chi connectivity index (χ1n) is 8.24. The summed E-state index contributed by atoms with van der Waals surface area (Å²) in [7, 11) is 0. The zero-order chi connectivity index (χ0) is 15.2. The molecule has 1 atom stereocenters. The summed E-state index contributed by atoms with van der Waals surface area (Å²) < 4.78 is 5.47. The number of hydrogen-bond acceptors (Lipinski definition) is 4. The van der Waals surface area contributed by atoms with Gasteiger partial charge in [-0.2, -0.15) is 0 Å². The first-order valence-corrected chi connectivity index (χ1v) is 9.12. The number of hydrogen-bond donors (Lipinski definition) is 2. The van der Waals surface area contributed by atoms with Crippen LogP contribution in [-0.2, 0) is 4.74 Å². The van der Waals surface area contributed by atoms with Crippen LogP contribution in [0.25, 0.3) is 0 Å². The number of halogens is 1. The van der Waals surface area contributed by atoms with Crippen LogP contribution in [-0.4, -0.2) is 49.7 Å². The third kappa shape index (κ3) is 5.58. The number of rotatable bonds is 5. The first-order chi connectivity index (χ1) is 10.8. The Morgan fingerprint density at radius 1 is 1.39 bits per heavy atom. The molecule has 7 heteroatoms. The zero-order valence-electron chi connectivity index (χ0n) is 13.4. The SMILES string of the molecule is I.NC(=NCC(c1cccs1)N1CCOCC1)NC1CCCC1. The molecule has 1 aliphatic carbocycles. The Morgan fingerprint density at radius 2 is 2.13 bits per heavy atom. The minimum absolute atomic E-state index is 0. The summed E-state index contributed by atoms with van der Waals surface area (Å²) in [5.41, 5.74) is 6.08. The molecular weight excluding hydrogens is 423 g/mol. The maximum absolute atomic E-state index is 6.08. The van der Waals surface area contributed by atoms with E-state index in [-0.39, 0.29) is 24.0 Å². The van der Waals surface area contributed by atoms with Gasteiger partial charge in [0.1, 0.15) is 0 Å². The van der Waals surface area contributed by atoms with E-state index in [1.54, 1.807) is 11.3 Å². The maximum Gasteiger partial charge on any atom is 0.188 e. The smallest absolute Gasteiger partial charge is 0.188 e. The number of ether oxygens (including phenoxy) is 1. The van der Waals surface area contributed by atoms with Crippen molar-refractivity contribution in [1.82, 2.24) is 10.2 Å². The second-order valence-corrected chi connectivity index (χ2v) is 7.01. The van der Waals surface area contributed by atoms with E-state index < -0.39 is 0 Å². The van der Waals surface area contributed by atoms with Crippen molar-refractivity contribution in [2.75, 3.05) is 32.8 Å². The van der Waals surface area contributed by atoms with E-state index in [2.05, 4.69) is 32.7 Å². The zero-order valence-corrected chi connectivity index (χ0v) is 16.6. The molecule has 130 valence electrons. The van der Waals surface area contributed by atoms with Crippen molar-refractivity contribution in [1.29, 1.82) is 0 Å². The third-order valence-electron chi connectivity index (χ3n) is 4.50. The molecule has 0 aromatic carbocycles. The number of aliphatic imine (C=N–C) groups is 1. The van der Waals surface area contributed by atoms with Crippen molar-refractivity contribution in [2.45, 2.75) is 37.8 Å². The fourth-order valence-electron chi connectivity index (χ4n) is 3.27. The van der Waals surface area contributed by atoms with E-state index >= 15 is 0 Å². The van der Waals surface area contributed by atoms with Crippen LogP contribution in [0.4, 0.5) is 0 Å². The second-order valence-electron chi connectivity index (χ2n) is 6.03. The van der Waals surface area contributed by atoms with Gasteiger partial charge in [0.2, 0.25) is 0 Å². The monoisotopic (exact) mass is 450 g/mol. The number of guanidine groups is 1. The number of morpholine rings is 1. The van der Waals surface area contributed by atoms with E-state index in [0.29, 0.717) is 24.6 Å². The van der Waals surface area contributed by atoms with Crippen molar-refractivity contribution < 1.29 is 4.74 Å². The van der Waals surface area contributed by atoms with E-state index in [1.807, 2.05) is 0 Å². The van der Waals surface area contributed by atoms with E-state index in [0.717, 1.165) is 26.3 Å². The lowest BCUT2D eigenvalue weighted by atomic mass is 10.2. The molecule has 2 aliphatic rings. The highest BCUT2D eigenvalue weighted by molar-refractivity contribution is 14.0. The second kappa shape index (κ2) is 9.80. The topological polar surface area (TPSA) is 62.9 Å². The number of nitrogens with zero attached hydrogens (tertiary/aromatic N) is 2. The molecule has 0 spiro atoms. The molecular formula is C16H27IN4OS. The minimum atomic E-state index is 0. The molecule has 1 aromatic heterocycles. The summed E-state index contributed by atoms with van der Waals surface area (Å²) in [6.07, 6.45) is 5.04. The molecule has 5 nitrogen and oxygen atoms in total. The molecule has 3 rings (SSSR count). The van der Waals surface area contributed by atoms with Gasteiger partial charge in [-0.25, -0.2) is 0 Å². The average molecular weight is 450 g/mol. The van der Waals surface area contributed by atoms with Crippen molar-refractivity contribution in [3.05, 3.63) is 22.4 Å². The molecule has 1 saturated heterocycles. The highest BCUT2D eigenvalue weighted by atomic mass is 127. The fraction of sp³-hybridized carbons (Fsp3) is 0.688. The normalized spacial score (nSPS) is 21.8. The molecule has 23 heavy (non-hydrogen) atoms. The molecule has 3 N–H and O–H groups in total. The fourth-order valence-corrected chi connectivity index (χ4v) is 4.12. The summed E-state index contributed by atoms with van der Waals surface area (Å²) in [5, 5.41) is 5.50. The minimum Gasteiger partial charge on any atom is -0.379 e. The highest BCUT2D eigenvalue weighted by Gasteiger charge is 2.23. The molecule has 0 amide bonds. The molecule has 2 heterocycles. The molecule has 1 aromatic rings. The van der Waals surface area contributed by atoms with Crippen molar-refractivity contribution in [2.24, 2.45) is 10.7 Å². The molecule has 0 radical (unpaired) electrons. The van der Waals surface area contributed by atoms with Gasteiger partial charge in [0, 0.05) is 24.0 Å². The van der Waals surface area contributed by atoms with Crippen molar-refractivity contribution in [3.8, 4) is 0 Å². The lowest BCUT2D eigenvalue weighted by molar-refractivity contribution is 0.0187. The van der Waals surface area contributed by atoms with Gasteiger partial charge in [-0.15, -0.1) is 35.3 Å². The summed E-state index contributed by atoms with van der Waals surface area (Å²) >= 11 is 1.80. The van der Waals surface area contributed by atoms with Gasteiger partial charge in [0.15, 0.2) is 5.96 Å². The van der Waals surface area contributed by atoms with Crippen LogP contribution in [0.5, 0.6) is 0 Å². The Hall–Kier alpha value is -0.380. The Labute approximate surface area is 159 Å². The van der Waals surface area contributed by atoms with Crippen LogP contribution < -0.4 is 11.1 Å². The van der Waals surface area contributed by atoms with Gasteiger partial charge in [0.25, 0.3) is 0 Å². The van der Waals surface area contributed by atoms with E-state index in [9.17, 15) is 0 Å². The quantitative estimate of drug-likeness (QED) is 0.411. The van der Waals surface area contributed by atoms with Gasteiger partial charge in [-0.1, -0.05) is 18.9 Å². The standard InChI is InChI=1S/C16H26N4OS.HI/c17-16(19-13-4-1-2-5-13)18-12-14(15-6-3-11-22-15)20-7-9-21-10-8-20;/h3,6,11,13-14H,1-2,4-5,7-10,12H2,(H3,17,18,19);1H. The van der Waals surface area contributed by atoms with Crippen LogP contribution >= 0.6 is 35.3 Å². The van der Waals surface area contributed by atoms with Crippen molar-refractivity contribution in [3.63, 3.8) is 0 Å². The van der Waals surface area contributed by atoms with Crippen LogP contribution in [0.1, 0.15) is 36.6 Å². The van der Waals surface area contributed by atoms with E-state index in [4.69, 9.17) is 10.5 Å². The van der Waals surface area contributed by atoms with Crippen LogP contribution in [0.15, 0.2) is 22.5 Å². The summed E-state index contributed by atoms with van der Waals surface area (Å²) in [5.74, 6) is 0.599. The third-order valence-corrected chi connectivity index (χ3v) is 5.47. The van der Waals surface area contributed by atoms with Gasteiger partial charge < -0.3 is 15.8 Å². The van der Waals surface area contributed by atoms with Gasteiger partial charge in [0.05, 0.1) is 25.8 Å². The summed E-state index contributed by atoms with van der Waals surface area (Å²) in [6, 6.07) is 5.14. The largest absolute Gasteiger partial charge is 0.379 e. The molecule has 1 aliphatic heterocycles. The Kier molecular flexibility index (Phi) is 8.08. The number of nitrogens with one attached hydrogen (secondary N) is 1. The predicted molar refractivity (Wildman–Crippen MR) is 107 cm³/mol. The Bertz CT molecular complexity index is 470. The summed E-state index contributed by atoms with van der Waals surface area (Å²) in [4.78, 5) is 8.45. The molecule has 1 saturated carbocycles. The Balaban J connectivity index is 0.00000192. The molecule has 0 bridgehead atoms. The lowest BCUT2D eigenvalue weighted by Gasteiger charge is -2.33. The Morgan fingerprint density at radius 3 is 2.78 bits per heavy atom. The molecule has 1 unspecified atom stereocenters. The molecule has 2 fully saturated rings. The number of nitrogens with two attached hydrogens (primary N) is 1. The predicted octanol–water partition coefficient (Wildman–Crippen LogP) is 2.59. The van der Waals surface area contributed by atoms with Crippen LogP contribution in [0.3, 0.4) is 0 Å². The summed E-state index contributed by atoms with van der Waals surface area (Å²) in [6.45, 7) is 4.26. The van der Waals surface area contributed by atoms with Crippen LogP contribution in [0, 0.1) is 0 Å². The van der Waals surface area contributed by atoms with E-state index in [1.165, 1.54) is 30.6 Å². The van der Waals surface area contributed by atoms with Gasteiger partial charge in [-0.3, -0.25) is 9.89 Å². The first kappa shape index (κ1) is 19.0. The highest BCUT2D eigenvalue weighted by Crippen LogP contribution is 2.26. The van der Waals surface area contributed by atoms with Crippen LogP contribution in [0.2, 0.25) is 0 Å². The lowest BCUT2D eigenvalue weighted by Crippen LogP contribution is -2.41. The maximum atomic E-state index is 6.08. The van der Waals surface area contributed by atoms with Crippen molar-refractivity contribution >= 4 is 41.3 Å². The van der Waals surface area contributed by atoms with Gasteiger partial charge in [-0.05, 0) is 24.3 Å². The average Bonchev–Trinajstić information content (AvgIpc) is 3.22.